The van der Waals surface area contributed by atoms with E-state index in [4.69, 9.17) is 0 Å². The lowest BCUT2D eigenvalue weighted by Crippen LogP contribution is -2.10. The molecule has 0 saturated heterocycles. The molecule has 0 fully saturated rings. The summed E-state index contributed by atoms with van der Waals surface area (Å²) in [5, 5.41) is 4.04. The molecule has 1 aromatic heterocycles. The molecule has 0 amide bonds. The Morgan fingerprint density at radius 2 is 2.06 bits per heavy atom. The van der Waals surface area contributed by atoms with Crippen LogP contribution in [-0.4, -0.2) is 15.6 Å². The number of rotatable bonds is 2. The number of hydrogen-bond acceptors (Lipinski definition) is 2. The minimum Gasteiger partial charge on any atom is -0.287 e. The van der Waals surface area contributed by atoms with E-state index in [2.05, 4.69) is 21.0 Å². The number of hydrogen-bond donors (Lipinski definition) is 0. The second-order valence-corrected chi connectivity index (χ2v) is 4.46. The van der Waals surface area contributed by atoms with Gasteiger partial charge in [-0.05, 0) is 28.4 Å². The average molecular weight is 279 g/mol. The normalized spacial score (nSPS) is 10.4. The van der Waals surface area contributed by atoms with Gasteiger partial charge in [0.2, 0.25) is 5.78 Å². The molecule has 0 aliphatic carbocycles. The number of aryl methyl sites for hydroxylation is 2. The third-order valence-electron chi connectivity index (χ3n) is 2.50. The molecule has 0 spiro atoms. The van der Waals surface area contributed by atoms with E-state index in [1.807, 2.05) is 31.2 Å². The first kappa shape index (κ1) is 11.1. The maximum atomic E-state index is 12.3. The highest BCUT2D eigenvalue weighted by atomic mass is 79.9. The monoisotopic (exact) mass is 278 g/mol. The fourth-order valence-corrected chi connectivity index (χ4v) is 2.15. The summed E-state index contributed by atoms with van der Waals surface area (Å²) < 4.78 is 2.31. The summed E-state index contributed by atoms with van der Waals surface area (Å²) in [5.74, 6) is -0.00928. The molecule has 0 saturated carbocycles. The van der Waals surface area contributed by atoms with Crippen molar-refractivity contribution in [2.75, 3.05) is 0 Å². The van der Waals surface area contributed by atoms with E-state index in [-0.39, 0.29) is 5.78 Å². The number of carbonyl (C=O) groups is 1. The first-order valence-corrected chi connectivity index (χ1v) is 5.68. The van der Waals surface area contributed by atoms with Crippen LogP contribution in [0.25, 0.3) is 0 Å². The van der Waals surface area contributed by atoms with Crippen LogP contribution in [0.15, 0.2) is 34.9 Å². The van der Waals surface area contributed by atoms with Gasteiger partial charge < -0.3 is 0 Å². The van der Waals surface area contributed by atoms with Crippen molar-refractivity contribution in [1.82, 2.24) is 9.78 Å². The van der Waals surface area contributed by atoms with Gasteiger partial charge in [-0.3, -0.25) is 9.48 Å². The second-order valence-electron chi connectivity index (χ2n) is 3.61. The zero-order valence-electron chi connectivity index (χ0n) is 9.07. The molecule has 0 unspecified atom stereocenters. The van der Waals surface area contributed by atoms with Crippen molar-refractivity contribution >= 4 is 21.7 Å². The number of benzene rings is 1. The molecular formula is C12H11BrN2O. The van der Waals surface area contributed by atoms with Gasteiger partial charge in [0.15, 0.2) is 0 Å². The Labute approximate surface area is 102 Å². The number of nitrogens with zero attached hydrogens (tertiary/aromatic N) is 2. The van der Waals surface area contributed by atoms with Gasteiger partial charge in [0, 0.05) is 12.6 Å². The summed E-state index contributed by atoms with van der Waals surface area (Å²) in [6.45, 7) is 1.93. The smallest absolute Gasteiger partial charge is 0.212 e. The summed E-state index contributed by atoms with van der Waals surface area (Å²) in [6, 6.07) is 7.55. The number of halogens is 1. The molecule has 0 bridgehead atoms. The van der Waals surface area contributed by atoms with Crippen LogP contribution in [0.2, 0.25) is 0 Å². The number of ketones is 1. The summed E-state index contributed by atoms with van der Waals surface area (Å²) >= 11 is 3.34. The van der Waals surface area contributed by atoms with E-state index in [1.54, 1.807) is 17.9 Å². The zero-order valence-corrected chi connectivity index (χ0v) is 10.7. The van der Waals surface area contributed by atoms with Crippen LogP contribution in [0.3, 0.4) is 0 Å². The minimum absolute atomic E-state index is 0.00928. The van der Waals surface area contributed by atoms with Crippen molar-refractivity contribution in [2.24, 2.45) is 7.05 Å². The fraction of sp³-hybridized carbons (Fsp3) is 0.167. The van der Waals surface area contributed by atoms with E-state index in [0.29, 0.717) is 11.3 Å². The predicted octanol–water partition coefficient (Wildman–Crippen LogP) is 2.72. The largest absolute Gasteiger partial charge is 0.287 e. The Balaban J connectivity index is 2.52. The SMILES string of the molecule is Cc1ccccc1C(=O)c1c(Br)cnn1C. The molecule has 2 aromatic rings. The molecule has 1 aromatic carbocycles. The Kier molecular flexibility index (Phi) is 2.92. The third kappa shape index (κ3) is 1.80. The van der Waals surface area contributed by atoms with Crippen molar-refractivity contribution < 1.29 is 4.79 Å². The van der Waals surface area contributed by atoms with Gasteiger partial charge in [-0.2, -0.15) is 5.10 Å². The number of aromatic nitrogens is 2. The van der Waals surface area contributed by atoms with Gasteiger partial charge in [-0.25, -0.2) is 0 Å². The number of carbonyl (C=O) groups excluding carboxylic acids is 1. The van der Waals surface area contributed by atoms with Gasteiger partial charge in [0.1, 0.15) is 5.69 Å². The maximum absolute atomic E-state index is 12.3. The topological polar surface area (TPSA) is 34.9 Å². The van der Waals surface area contributed by atoms with Crippen molar-refractivity contribution in [3.63, 3.8) is 0 Å². The van der Waals surface area contributed by atoms with Crippen LogP contribution in [0.1, 0.15) is 21.6 Å². The average Bonchev–Trinajstić information content (AvgIpc) is 2.58. The van der Waals surface area contributed by atoms with E-state index >= 15 is 0 Å². The standard InChI is InChI=1S/C12H11BrN2O/c1-8-5-3-4-6-9(8)12(16)11-10(13)7-14-15(11)2/h3-7H,1-2H3. The Bertz CT molecular complexity index is 526. The van der Waals surface area contributed by atoms with E-state index in [0.717, 1.165) is 10.0 Å². The highest BCUT2D eigenvalue weighted by Gasteiger charge is 2.18. The highest BCUT2D eigenvalue weighted by molar-refractivity contribution is 9.10. The van der Waals surface area contributed by atoms with Crippen LogP contribution < -0.4 is 0 Å². The van der Waals surface area contributed by atoms with Crippen LogP contribution in [-0.2, 0) is 7.05 Å². The van der Waals surface area contributed by atoms with Crippen molar-refractivity contribution in [1.29, 1.82) is 0 Å². The van der Waals surface area contributed by atoms with Gasteiger partial charge in [-0.1, -0.05) is 24.3 Å². The first-order valence-electron chi connectivity index (χ1n) is 4.89. The molecule has 0 aliphatic rings. The summed E-state index contributed by atoms with van der Waals surface area (Å²) in [4.78, 5) is 12.3. The summed E-state index contributed by atoms with van der Waals surface area (Å²) in [6.07, 6.45) is 1.63. The van der Waals surface area contributed by atoms with Crippen molar-refractivity contribution in [3.05, 3.63) is 51.8 Å². The molecular weight excluding hydrogens is 268 g/mol. The minimum atomic E-state index is -0.00928. The van der Waals surface area contributed by atoms with Gasteiger partial charge in [0.25, 0.3) is 0 Å². The Morgan fingerprint density at radius 1 is 1.38 bits per heavy atom. The second kappa shape index (κ2) is 4.22. The third-order valence-corrected chi connectivity index (χ3v) is 3.08. The molecule has 1 heterocycles. The zero-order chi connectivity index (χ0) is 11.7. The van der Waals surface area contributed by atoms with E-state index in [9.17, 15) is 4.79 Å². The molecule has 16 heavy (non-hydrogen) atoms. The molecule has 0 radical (unpaired) electrons. The lowest BCUT2D eigenvalue weighted by atomic mass is 10.0. The molecule has 0 aliphatic heterocycles. The Hall–Kier alpha value is -1.42. The maximum Gasteiger partial charge on any atom is 0.212 e. The molecule has 82 valence electrons. The van der Waals surface area contributed by atoms with Crippen LogP contribution in [0.4, 0.5) is 0 Å². The fourth-order valence-electron chi connectivity index (χ4n) is 1.62. The van der Waals surface area contributed by atoms with Crippen LogP contribution >= 0.6 is 15.9 Å². The van der Waals surface area contributed by atoms with Gasteiger partial charge in [0.05, 0.1) is 10.7 Å². The molecule has 4 heteroatoms. The highest BCUT2D eigenvalue weighted by Crippen LogP contribution is 2.20. The summed E-state index contributed by atoms with van der Waals surface area (Å²) in [5.41, 5.74) is 2.27. The first-order chi connectivity index (χ1) is 7.61. The van der Waals surface area contributed by atoms with Crippen LogP contribution in [0, 0.1) is 6.92 Å². The van der Waals surface area contributed by atoms with Crippen molar-refractivity contribution in [3.8, 4) is 0 Å². The lowest BCUT2D eigenvalue weighted by Gasteiger charge is -2.05. The molecule has 2 rings (SSSR count). The Morgan fingerprint density at radius 3 is 2.62 bits per heavy atom. The van der Waals surface area contributed by atoms with E-state index in [1.165, 1.54) is 0 Å². The lowest BCUT2D eigenvalue weighted by molar-refractivity contribution is 0.102. The van der Waals surface area contributed by atoms with Crippen LogP contribution in [0.5, 0.6) is 0 Å². The predicted molar refractivity (Wildman–Crippen MR) is 65.5 cm³/mol. The van der Waals surface area contributed by atoms with E-state index < -0.39 is 0 Å². The van der Waals surface area contributed by atoms with Crippen molar-refractivity contribution in [2.45, 2.75) is 6.92 Å². The summed E-state index contributed by atoms with van der Waals surface area (Å²) in [7, 11) is 1.76. The molecule has 0 N–H and O–H groups in total. The molecule has 0 atom stereocenters. The van der Waals surface area contributed by atoms with Gasteiger partial charge >= 0.3 is 0 Å². The molecule has 3 nitrogen and oxygen atoms in total. The quantitative estimate of drug-likeness (QED) is 0.792. The van der Waals surface area contributed by atoms with Gasteiger partial charge in [-0.15, -0.1) is 0 Å².